The van der Waals surface area contributed by atoms with E-state index in [0.29, 0.717) is 6.61 Å². The van der Waals surface area contributed by atoms with Crippen molar-refractivity contribution in [3.63, 3.8) is 0 Å². The van der Waals surface area contributed by atoms with Crippen LogP contribution in [-0.2, 0) is 4.74 Å². The largest absolute Gasteiger partial charge is 0.450 e. The third-order valence-corrected chi connectivity index (χ3v) is 2.59. The Labute approximate surface area is 100 Å². The van der Waals surface area contributed by atoms with Gasteiger partial charge in [0.1, 0.15) is 0 Å². The summed E-state index contributed by atoms with van der Waals surface area (Å²) in [5, 5.41) is 0. The fourth-order valence-corrected chi connectivity index (χ4v) is 2.34. The minimum atomic E-state index is -0.217. The molecule has 0 bridgehead atoms. The first-order chi connectivity index (χ1) is 7.16. The van der Waals surface area contributed by atoms with Gasteiger partial charge in [-0.05, 0) is 48.0 Å². The van der Waals surface area contributed by atoms with Gasteiger partial charge in [-0.3, -0.25) is 4.90 Å². The number of hydrogen-bond acceptors (Lipinski definition) is 2. The van der Waals surface area contributed by atoms with Gasteiger partial charge in [0.05, 0.1) is 6.61 Å². The molecule has 0 radical (unpaired) electrons. The van der Waals surface area contributed by atoms with Gasteiger partial charge in [0, 0.05) is 11.1 Å². The van der Waals surface area contributed by atoms with E-state index in [9.17, 15) is 4.79 Å². The lowest BCUT2D eigenvalue weighted by molar-refractivity contribution is 0.0118. The Morgan fingerprint density at radius 1 is 1.12 bits per heavy atom. The summed E-state index contributed by atoms with van der Waals surface area (Å²) in [5.74, 6) is 0. The van der Waals surface area contributed by atoms with Crippen LogP contribution in [0.15, 0.2) is 0 Å². The van der Waals surface area contributed by atoms with Crippen molar-refractivity contribution < 1.29 is 9.53 Å². The lowest BCUT2D eigenvalue weighted by atomic mass is 9.91. The average molecular weight is 229 g/mol. The molecule has 0 unspecified atom stereocenters. The van der Waals surface area contributed by atoms with Crippen molar-refractivity contribution in [3.05, 3.63) is 0 Å². The van der Waals surface area contributed by atoms with E-state index in [0.717, 1.165) is 12.8 Å². The highest BCUT2D eigenvalue weighted by atomic mass is 16.6. The van der Waals surface area contributed by atoms with Crippen molar-refractivity contribution >= 4 is 6.09 Å². The third-order valence-electron chi connectivity index (χ3n) is 2.59. The Balaban J connectivity index is 5.02. The molecule has 0 aromatic heterocycles. The zero-order chi connectivity index (χ0) is 13.0. The molecule has 0 fully saturated rings. The Morgan fingerprint density at radius 3 is 1.94 bits per heavy atom. The molecule has 0 heterocycles. The standard InChI is InChI=1S/C13H27NO2/c1-8-10-13(6,7)14(12(3,4)5)11(15)16-9-2/h8-10H2,1-7H3. The first-order valence-electron chi connectivity index (χ1n) is 6.14. The molecular weight excluding hydrogens is 202 g/mol. The van der Waals surface area contributed by atoms with E-state index >= 15 is 0 Å². The molecule has 0 aromatic rings. The van der Waals surface area contributed by atoms with Crippen LogP contribution in [0, 0.1) is 0 Å². The minimum Gasteiger partial charge on any atom is -0.450 e. The van der Waals surface area contributed by atoms with Crippen molar-refractivity contribution in [1.82, 2.24) is 4.90 Å². The summed E-state index contributed by atoms with van der Waals surface area (Å²) in [4.78, 5) is 13.9. The Bertz CT molecular complexity index is 229. The van der Waals surface area contributed by atoms with Crippen molar-refractivity contribution in [1.29, 1.82) is 0 Å². The fourth-order valence-electron chi connectivity index (χ4n) is 2.34. The van der Waals surface area contributed by atoms with Crippen LogP contribution in [0.2, 0.25) is 0 Å². The maximum atomic E-state index is 12.0. The molecule has 0 saturated heterocycles. The van der Waals surface area contributed by atoms with Gasteiger partial charge in [-0.15, -0.1) is 0 Å². The summed E-state index contributed by atoms with van der Waals surface area (Å²) in [6.07, 6.45) is 1.82. The Morgan fingerprint density at radius 2 is 1.62 bits per heavy atom. The number of carbonyl (C=O) groups is 1. The van der Waals surface area contributed by atoms with Gasteiger partial charge in [0.25, 0.3) is 0 Å². The molecule has 0 rings (SSSR count). The highest BCUT2D eigenvalue weighted by Gasteiger charge is 2.38. The number of carbonyl (C=O) groups excluding carboxylic acids is 1. The summed E-state index contributed by atoms with van der Waals surface area (Å²) in [6, 6.07) is 0. The highest BCUT2D eigenvalue weighted by molar-refractivity contribution is 5.69. The molecule has 1 amide bonds. The minimum absolute atomic E-state index is 0.167. The molecule has 3 heteroatoms. The van der Waals surface area contributed by atoms with Crippen LogP contribution in [-0.4, -0.2) is 28.7 Å². The lowest BCUT2D eigenvalue weighted by Gasteiger charge is -2.46. The second-order valence-corrected chi connectivity index (χ2v) is 5.77. The second kappa shape index (κ2) is 5.55. The normalized spacial score (nSPS) is 12.4. The van der Waals surface area contributed by atoms with E-state index in [1.54, 1.807) is 0 Å². The SMILES string of the molecule is CCCC(C)(C)N(C(=O)OCC)C(C)(C)C. The smallest absolute Gasteiger partial charge is 0.410 e. The van der Waals surface area contributed by atoms with Crippen LogP contribution in [0.4, 0.5) is 4.79 Å². The Kier molecular flexibility index (Phi) is 5.30. The number of amides is 1. The van der Waals surface area contributed by atoms with E-state index in [4.69, 9.17) is 4.74 Å². The maximum Gasteiger partial charge on any atom is 0.410 e. The lowest BCUT2D eigenvalue weighted by Crippen LogP contribution is -2.57. The monoisotopic (exact) mass is 229 g/mol. The van der Waals surface area contributed by atoms with Crippen LogP contribution >= 0.6 is 0 Å². The van der Waals surface area contributed by atoms with Crippen LogP contribution < -0.4 is 0 Å². The van der Waals surface area contributed by atoms with Crippen molar-refractivity contribution in [2.24, 2.45) is 0 Å². The van der Waals surface area contributed by atoms with E-state index < -0.39 is 0 Å². The number of nitrogens with zero attached hydrogens (tertiary/aromatic N) is 1. The summed E-state index contributed by atoms with van der Waals surface area (Å²) < 4.78 is 5.15. The zero-order valence-electron chi connectivity index (χ0n) is 11.9. The van der Waals surface area contributed by atoms with Crippen LogP contribution in [0.1, 0.15) is 61.3 Å². The average Bonchev–Trinajstić information content (AvgIpc) is 1.99. The molecule has 0 aliphatic carbocycles. The molecule has 0 N–H and O–H groups in total. The summed E-state index contributed by atoms with van der Waals surface area (Å²) in [5.41, 5.74) is -0.385. The highest BCUT2D eigenvalue weighted by Crippen LogP contribution is 2.29. The first-order valence-corrected chi connectivity index (χ1v) is 6.14. The molecular formula is C13H27NO2. The van der Waals surface area contributed by atoms with Gasteiger partial charge >= 0.3 is 6.09 Å². The van der Waals surface area contributed by atoms with Crippen molar-refractivity contribution in [2.45, 2.75) is 72.4 Å². The zero-order valence-corrected chi connectivity index (χ0v) is 11.9. The molecule has 0 aliphatic heterocycles. The summed E-state index contributed by atoms with van der Waals surface area (Å²) in [6.45, 7) is 14.7. The molecule has 3 nitrogen and oxygen atoms in total. The Hall–Kier alpha value is -0.730. The van der Waals surface area contributed by atoms with Crippen LogP contribution in [0.3, 0.4) is 0 Å². The summed E-state index contributed by atoms with van der Waals surface area (Å²) in [7, 11) is 0. The van der Waals surface area contributed by atoms with Gasteiger partial charge in [0.15, 0.2) is 0 Å². The molecule has 96 valence electrons. The van der Waals surface area contributed by atoms with Gasteiger partial charge in [-0.25, -0.2) is 4.79 Å². The van der Waals surface area contributed by atoms with Gasteiger partial charge in [-0.2, -0.15) is 0 Å². The number of ether oxygens (including phenoxy) is 1. The van der Waals surface area contributed by atoms with Crippen LogP contribution in [0.5, 0.6) is 0 Å². The molecule has 0 atom stereocenters. The van der Waals surface area contributed by atoms with Gasteiger partial charge in [-0.1, -0.05) is 13.3 Å². The molecule has 16 heavy (non-hydrogen) atoms. The first kappa shape index (κ1) is 15.3. The quantitative estimate of drug-likeness (QED) is 0.733. The van der Waals surface area contributed by atoms with E-state index in [1.165, 1.54) is 0 Å². The third kappa shape index (κ3) is 4.03. The second-order valence-electron chi connectivity index (χ2n) is 5.77. The van der Waals surface area contributed by atoms with Crippen molar-refractivity contribution in [2.75, 3.05) is 6.61 Å². The molecule has 0 spiro atoms. The predicted octanol–water partition coefficient (Wildman–Crippen LogP) is 3.82. The topological polar surface area (TPSA) is 29.5 Å². The maximum absolute atomic E-state index is 12.0. The van der Waals surface area contributed by atoms with E-state index in [2.05, 4.69) is 20.8 Å². The van der Waals surface area contributed by atoms with E-state index in [1.807, 2.05) is 32.6 Å². The molecule has 0 aliphatic rings. The predicted molar refractivity (Wildman–Crippen MR) is 67.6 cm³/mol. The molecule has 0 saturated carbocycles. The van der Waals surface area contributed by atoms with Crippen molar-refractivity contribution in [3.8, 4) is 0 Å². The molecule has 0 aromatic carbocycles. The number of hydrogen-bond donors (Lipinski definition) is 0. The van der Waals surface area contributed by atoms with E-state index in [-0.39, 0.29) is 17.2 Å². The summed E-state index contributed by atoms with van der Waals surface area (Å²) >= 11 is 0. The van der Waals surface area contributed by atoms with Crippen LogP contribution in [0.25, 0.3) is 0 Å². The van der Waals surface area contributed by atoms with Gasteiger partial charge < -0.3 is 4.74 Å². The fraction of sp³-hybridized carbons (Fsp3) is 0.923. The number of rotatable bonds is 4. The van der Waals surface area contributed by atoms with Gasteiger partial charge in [0.2, 0.25) is 0 Å².